The summed E-state index contributed by atoms with van der Waals surface area (Å²) < 4.78 is 6.23. The number of nitrogens with one attached hydrogen (secondary N) is 1. The third-order valence-corrected chi connectivity index (χ3v) is 5.97. The van der Waals surface area contributed by atoms with Crippen LogP contribution in [0.2, 0.25) is 0 Å². The van der Waals surface area contributed by atoms with E-state index in [0.29, 0.717) is 37.2 Å². The van der Waals surface area contributed by atoms with E-state index in [0.717, 1.165) is 18.5 Å². The number of para-hydroxylation sites is 1. The molecule has 1 spiro atoms. The van der Waals surface area contributed by atoms with Gasteiger partial charge in [0.25, 0.3) is 0 Å². The number of pyridine rings is 1. The zero-order valence-corrected chi connectivity index (χ0v) is 17.5. The zero-order chi connectivity index (χ0) is 21.7. The number of ether oxygens (including phenoxy) is 1. The molecule has 7 heteroatoms. The van der Waals surface area contributed by atoms with E-state index in [9.17, 15) is 14.4 Å². The Balaban J connectivity index is 1.28. The Hall–Kier alpha value is -3.22. The molecule has 0 radical (unpaired) electrons. The standard InChI is InChI=1S/C24H27N3O4/c28-20-16-24(31-21-9-2-1-8-19(20)21)11-10-23(30)27(15-12-24)17-22(29)26-14-5-7-18-6-3-4-13-25-18/h1-4,6,8-9,13H,5,7,10-12,14-17H2,(H,26,29)/t24-/m0/s1. The molecule has 0 aliphatic carbocycles. The molecule has 4 rings (SSSR count). The fourth-order valence-electron chi connectivity index (χ4n) is 4.24. The van der Waals surface area contributed by atoms with E-state index in [1.165, 1.54) is 0 Å². The van der Waals surface area contributed by atoms with Crippen LogP contribution >= 0.6 is 0 Å². The molecule has 1 aromatic carbocycles. The van der Waals surface area contributed by atoms with Gasteiger partial charge >= 0.3 is 0 Å². The number of amides is 2. The zero-order valence-electron chi connectivity index (χ0n) is 17.5. The maximum atomic E-state index is 12.6. The number of fused-ring (bicyclic) bond motifs is 1. The minimum Gasteiger partial charge on any atom is -0.486 e. The van der Waals surface area contributed by atoms with Crippen LogP contribution in [0.1, 0.15) is 48.2 Å². The Morgan fingerprint density at radius 3 is 2.81 bits per heavy atom. The molecule has 2 aliphatic rings. The molecule has 31 heavy (non-hydrogen) atoms. The number of Topliss-reactive ketones (excluding diaryl/α,β-unsaturated/α-hetero) is 1. The Bertz CT molecular complexity index is 962. The fraction of sp³-hybridized carbons (Fsp3) is 0.417. The number of likely N-dealkylation sites (tertiary alicyclic amines) is 1. The lowest BCUT2D eigenvalue weighted by Crippen LogP contribution is -2.44. The van der Waals surface area contributed by atoms with Gasteiger partial charge in [0.2, 0.25) is 11.8 Å². The van der Waals surface area contributed by atoms with Crippen LogP contribution in [0.3, 0.4) is 0 Å². The number of rotatable bonds is 6. The van der Waals surface area contributed by atoms with Crippen LogP contribution in [0, 0.1) is 0 Å². The minimum absolute atomic E-state index is 0.0308. The summed E-state index contributed by atoms with van der Waals surface area (Å²) in [5.74, 6) is 0.394. The molecule has 1 aromatic heterocycles. The second kappa shape index (κ2) is 9.29. The van der Waals surface area contributed by atoms with Crippen LogP contribution in [0.4, 0.5) is 0 Å². The third kappa shape index (κ3) is 5.10. The summed E-state index contributed by atoms with van der Waals surface area (Å²) in [7, 11) is 0. The van der Waals surface area contributed by atoms with Crippen LogP contribution in [-0.4, -0.2) is 52.7 Å². The molecule has 0 saturated carbocycles. The van der Waals surface area contributed by atoms with Crippen molar-refractivity contribution in [3.8, 4) is 5.75 Å². The molecule has 162 valence electrons. The van der Waals surface area contributed by atoms with E-state index in [1.54, 1.807) is 23.2 Å². The van der Waals surface area contributed by atoms with Crippen molar-refractivity contribution in [1.82, 2.24) is 15.2 Å². The first-order chi connectivity index (χ1) is 15.0. The second-order valence-electron chi connectivity index (χ2n) is 8.22. The highest BCUT2D eigenvalue weighted by molar-refractivity contribution is 6.00. The van der Waals surface area contributed by atoms with Crippen LogP contribution in [0.25, 0.3) is 0 Å². The van der Waals surface area contributed by atoms with Crippen LogP contribution in [-0.2, 0) is 16.0 Å². The van der Waals surface area contributed by atoms with Crippen molar-refractivity contribution in [3.05, 3.63) is 59.9 Å². The Morgan fingerprint density at radius 1 is 1.13 bits per heavy atom. The lowest BCUT2D eigenvalue weighted by molar-refractivity contribution is -0.135. The van der Waals surface area contributed by atoms with Crippen molar-refractivity contribution in [3.63, 3.8) is 0 Å². The van der Waals surface area contributed by atoms with Crippen LogP contribution in [0.5, 0.6) is 5.75 Å². The highest BCUT2D eigenvalue weighted by Crippen LogP contribution is 2.39. The summed E-state index contributed by atoms with van der Waals surface area (Å²) in [6, 6.07) is 13.0. The number of hydrogen-bond acceptors (Lipinski definition) is 5. The molecule has 3 heterocycles. The van der Waals surface area contributed by atoms with Gasteiger partial charge in [0.15, 0.2) is 5.78 Å². The van der Waals surface area contributed by atoms with Gasteiger partial charge in [0.1, 0.15) is 11.4 Å². The Labute approximate surface area is 181 Å². The minimum atomic E-state index is -0.672. The molecule has 2 aromatic rings. The molecule has 0 unspecified atom stereocenters. The fourth-order valence-corrected chi connectivity index (χ4v) is 4.24. The van der Waals surface area contributed by atoms with Crippen molar-refractivity contribution >= 4 is 17.6 Å². The van der Waals surface area contributed by atoms with Crippen molar-refractivity contribution in [2.75, 3.05) is 19.6 Å². The normalized spacial score (nSPS) is 20.7. The summed E-state index contributed by atoms with van der Waals surface area (Å²) in [4.78, 5) is 43.4. The summed E-state index contributed by atoms with van der Waals surface area (Å²) in [6.07, 6.45) is 4.88. The highest BCUT2D eigenvalue weighted by Gasteiger charge is 2.43. The van der Waals surface area contributed by atoms with Gasteiger partial charge < -0.3 is 15.0 Å². The lowest BCUT2D eigenvalue weighted by Gasteiger charge is -2.37. The van der Waals surface area contributed by atoms with Gasteiger partial charge in [0.05, 0.1) is 18.5 Å². The van der Waals surface area contributed by atoms with E-state index in [4.69, 9.17) is 4.74 Å². The first-order valence-corrected chi connectivity index (χ1v) is 10.8. The largest absolute Gasteiger partial charge is 0.486 e. The molecule has 1 saturated heterocycles. The van der Waals surface area contributed by atoms with Gasteiger partial charge in [-0.2, -0.15) is 0 Å². The number of hydrogen-bond donors (Lipinski definition) is 1. The van der Waals surface area contributed by atoms with Gasteiger partial charge in [-0.3, -0.25) is 19.4 Å². The third-order valence-electron chi connectivity index (χ3n) is 5.97. The maximum Gasteiger partial charge on any atom is 0.239 e. The molecule has 2 amide bonds. The van der Waals surface area contributed by atoms with Gasteiger partial charge in [-0.1, -0.05) is 18.2 Å². The quantitative estimate of drug-likeness (QED) is 0.724. The van der Waals surface area contributed by atoms with E-state index < -0.39 is 5.60 Å². The number of aryl methyl sites for hydroxylation is 1. The Morgan fingerprint density at radius 2 is 1.97 bits per heavy atom. The van der Waals surface area contributed by atoms with Crippen molar-refractivity contribution in [2.45, 2.75) is 44.1 Å². The number of aromatic nitrogens is 1. The smallest absolute Gasteiger partial charge is 0.239 e. The predicted octanol–water partition coefficient (Wildman–Crippen LogP) is 2.55. The molecule has 0 bridgehead atoms. The molecule has 1 N–H and O–H groups in total. The molecule has 1 atom stereocenters. The van der Waals surface area contributed by atoms with Gasteiger partial charge in [0, 0.05) is 37.8 Å². The summed E-state index contributed by atoms with van der Waals surface area (Å²) in [6.45, 7) is 0.967. The number of ketones is 1. The number of carbonyl (C=O) groups is 3. The first kappa shape index (κ1) is 21.0. The van der Waals surface area contributed by atoms with Crippen molar-refractivity contribution in [2.24, 2.45) is 0 Å². The van der Waals surface area contributed by atoms with Crippen LogP contribution < -0.4 is 10.1 Å². The van der Waals surface area contributed by atoms with E-state index >= 15 is 0 Å². The highest BCUT2D eigenvalue weighted by atomic mass is 16.5. The van der Waals surface area contributed by atoms with E-state index in [2.05, 4.69) is 10.3 Å². The maximum absolute atomic E-state index is 12.6. The predicted molar refractivity (Wildman–Crippen MR) is 115 cm³/mol. The molecule has 2 aliphatic heterocycles. The van der Waals surface area contributed by atoms with Crippen LogP contribution in [0.15, 0.2) is 48.7 Å². The van der Waals surface area contributed by atoms with Gasteiger partial charge in [-0.05, 0) is 43.5 Å². The van der Waals surface area contributed by atoms with Crippen molar-refractivity contribution < 1.29 is 19.1 Å². The summed E-state index contributed by atoms with van der Waals surface area (Å²) >= 11 is 0. The number of nitrogens with zero attached hydrogens (tertiary/aromatic N) is 2. The molecular weight excluding hydrogens is 394 g/mol. The van der Waals surface area contributed by atoms with E-state index in [1.807, 2.05) is 30.3 Å². The number of carbonyl (C=O) groups excluding carboxylic acids is 3. The molecule has 7 nitrogen and oxygen atoms in total. The average Bonchev–Trinajstić information content (AvgIpc) is 2.92. The SMILES string of the molecule is O=C(CN1CC[C@@]2(CCC1=O)CC(=O)c1ccccc1O2)NCCCc1ccccn1. The van der Waals surface area contributed by atoms with Gasteiger partial charge in [-0.15, -0.1) is 0 Å². The summed E-state index contributed by atoms with van der Waals surface area (Å²) in [5, 5.41) is 2.89. The van der Waals surface area contributed by atoms with Gasteiger partial charge in [-0.25, -0.2) is 0 Å². The molecule has 1 fully saturated rings. The second-order valence-corrected chi connectivity index (χ2v) is 8.22. The number of benzene rings is 1. The summed E-state index contributed by atoms with van der Waals surface area (Å²) in [5.41, 5.74) is 0.925. The lowest BCUT2D eigenvalue weighted by atomic mass is 9.84. The van der Waals surface area contributed by atoms with Crippen molar-refractivity contribution in [1.29, 1.82) is 0 Å². The molecular formula is C24H27N3O4. The monoisotopic (exact) mass is 421 g/mol. The van der Waals surface area contributed by atoms with E-state index in [-0.39, 0.29) is 37.0 Å². The average molecular weight is 421 g/mol. The Kier molecular flexibility index (Phi) is 6.30. The topological polar surface area (TPSA) is 88.6 Å². The first-order valence-electron chi connectivity index (χ1n) is 10.8.